The zero-order valence-electron chi connectivity index (χ0n) is 12.5. The Morgan fingerprint density at radius 1 is 1.42 bits per heavy atom. The fourth-order valence-corrected chi connectivity index (χ4v) is 2.57. The Hall–Kier alpha value is -2.46. The van der Waals surface area contributed by atoms with Gasteiger partial charge in [-0.1, -0.05) is 24.4 Å². The van der Waals surface area contributed by atoms with E-state index in [4.69, 9.17) is 18.0 Å². The van der Waals surface area contributed by atoms with E-state index >= 15 is 0 Å². The van der Waals surface area contributed by atoms with Crippen LogP contribution in [0.25, 0.3) is 10.9 Å². The molecule has 0 fully saturated rings. The van der Waals surface area contributed by atoms with Gasteiger partial charge >= 0.3 is 6.18 Å². The number of benzene rings is 1. The fraction of sp³-hybridized carbons (Fsp3) is 0.250. The van der Waals surface area contributed by atoms with Crippen LogP contribution < -0.4 is 10.9 Å². The summed E-state index contributed by atoms with van der Waals surface area (Å²) >= 11 is 5.80. The molecule has 0 aliphatic rings. The normalized spacial score (nSPS) is 11.3. The van der Waals surface area contributed by atoms with Crippen molar-refractivity contribution in [2.45, 2.75) is 19.5 Å². The van der Waals surface area contributed by atoms with Crippen LogP contribution in [0.1, 0.15) is 29.3 Å². The highest BCUT2D eigenvalue weighted by atomic mass is 35.5. The maximum atomic E-state index is 13.2. The number of nitrogens with one attached hydrogen (secondary N) is 2. The molecule has 0 radical (unpaired) electrons. The van der Waals surface area contributed by atoms with E-state index in [9.17, 15) is 22.8 Å². The highest BCUT2D eigenvalue weighted by molar-refractivity contribution is 6.31. The molecule has 8 heteroatoms. The van der Waals surface area contributed by atoms with Crippen molar-refractivity contribution in [3.05, 3.63) is 38.6 Å². The van der Waals surface area contributed by atoms with Crippen LogP contribution in [0, 0.1) is 12.3 Å². The Morgan fingerprint density at radius 2 is 2.08 bits per heavy atom. The number of Topliss-reactive ketones (excluding diaryl/α,β-unsaturated/α-hetero) is 1. The van der Waals surface area contributed by atoms with Crippen LogP contribution in [-0.4, -0.2) is 17.3 Å². The first-order valence-electron chi connectivity index (χ1n) is 6.88. The molecule has 0 saturated heterocycles. The number of aromatic nitrogens is 1. The molecule has 2 aromatic rings. The van der Waals surface area contributed by atoms with Gasteiger partial charge in [0.15, 0.2) is 5.78 Å². The number of alkyl halides is 3. The zero-order chi connectivity index (χ0) is 18.1. The summed E-state index contributed by atoms with van der Waals surface area (Å²) in [7, 11) is 0. The summed E-state index contributed by atoms with van der Waals surface area (Å²) in [6, 6.07) is 1.96. The van der Waals surface area contributed by atoms with Crippen LogP contribution in [0.4, 0.5) is 18.9 Å². The van der Waals surface area contributed by atoms with Crippen LogP contribution in [0.3, 0.4) is 0 Å². The van der Waals surface area contributed by atoms with Crippen molar-refractivity contribution in [3.63, 3.8) is 0 Å². The van der Waals surface area contributed by atoms with Crippen LogP contribution in [0.5, 0.6) is 0 Å². The summed E-state index contributed by atoms with van der Waals surface area (Å²) in [5.74, 6) is 1.73. The third kappa shape index (κ3) is 3.24. The molecule has 0 spiro atoms. The molecule has 0 aliphatic heterocycles. The topological polar surface area (TPSA) is 62.0 Å². The Morgan fingerprint density at radius 3 is 2.62 bits per heavy atom. The van der Waals surface area contributed by atoms with Crippen LogP contribution in [-0.2, 0) is 6.18 Å². The average Bonchev–Trinajstić information content (AvgIpc) is 2.50. The minimum Gasteiger partial charge on any atom is -0.373 e. The van der Waals surface area contributed by atoms with Crippen LogP contribution in [0.15, 0.2) is 16.9 Å². The molecule has 0 saturated carbocycles. The molecule has 24 heavy (non-hydrogen) atoms. The number of rotatable bonds is 4. The first kappa shape index (κ1) is 17.9. The molecule has 2 N–H and O–H groups in total. The Labute approximate surface area is 140 Å². The quantitative estimate of drug-likeness (QED) is 0.646. The summed E-state index contributed by atoms with van der Waals surface area (Å²) in [6.45, 7) is 1.46. The van der Waals surface area contributed by atoms with E-state index in [-0.39, 0.29) is 34.6 Å². The van der Waals surface area contributed by atoms with Crippen molar-refractivity contribution in [2.24, 2.45) is 0 Å². The molecule has 0 atom stereocenters. The van der Waals surface area contributed by atoms with Gasteiger partial charge in [-0.05, 0) is 12.1 Å². The minimum absolute atomic E-state index is 0.00597. The Balaban J connectivity index is 2.98. The van der Waals surface area contributed by atoms with E-state index in [2.05, 4.69) is 16.2 Å². The molecule has 1 aromatic heterocycles. The highest BCUT2D eigenvalue weighted by Gasteiger charge is 2.34. The van der Waals surface area contributed by atoms with Gasteiger partial charge in [-0.3, -0.25) is 9.59 Å². The van der Waals surface area contributed by atoms with Gasteiger partial charge < -0.3 is 10.3 Å². The summed E-state index contributed by atoms with van der Waals surface area (Å²) in [4.78, 5) is 26.4. The maximum absolute atomic E-state index is 13.2. The molecule has 0 aliphatic carbocycles. The number of hydrogen-bond acceptors (Lipinski definition) is 3. The molecule has 0 bridgehead atoms. The monoisotopic (exact) mass is 356 g/mol. The molecule has 0 amide bonds. The number of pyridine rings is 1. The number of H-pyrrole nitrogens is 1. The lowest BCUT2D eigenvalue weighted by Crippen LogP contribution is -2.22. The SMILES string of the molecule is C#CCNc1c(C(=O)CC)c(=O)[nH]c2c(C(F)(F)F)cc(Cl)cc12. The minimum atomic E-state index is -4.73. The number of aromatic amines is 1. The largest absolute Gasteiger partial charge is 0.418 e. The van der Waals surface area contributed by atoms with Crippen molar-refractivity contribution in [2.75, 3.05) is 11.9 Å². The smallest absolute Gasteiger partial charge is 0.373 e. The van der Waals surface area contributed by atoms with E-state index < -0.39 is 28.6 Å². The predicted octanol–water partition coefficient (Wildman–Crippen LogP) is 3.84. The van der Waals surface area contributed by atoms with Gasteiger partial charge in [0.2, 0.25) is 0 Å². The van der Waals surface area contributed by atoms with Crippen LogP contribution >= 0.6 is 11.6 Å². The summed E-state index contributed by atoms with van der Waals surface area (Å²) in [5.41, 5.74) is -2.78. The second-order valence-corrected chi connectivity index (χ2v) is 5.35. The molecule has 1 heterocycles. The van der Waals surface area contributed by atoms with Gasteiger partial charge in [-0.25, -0.2) is 0 Å². The van der Waals surface area contributed by atoms with Gasteiger partial charge in [0.25, 0.3) is 5.56 Å². The number of halogens is 4. The maximum Gasteiger partial charge on any atom is 0.418 e. The van der Waals surface area contributed by atoms with Gasteiger partial charge in [0.1, 0.15) is 5.56 Å². The van der Waals surface area contributed by atoms with E-state index in [1.807, 2.05) is 0 Å². The third-order valence-corrected chi connectivity index (χ3v) is 3.58. The molecule has 0 unspecified atom stereocenters. The van der Waals surface area contributed by atoms with Gasteiger partial charge in [-0.2, -0.15) is 13.2 Å². The molecule has 1 aromatic carbocycles. The second kappa shape index (κ2) is 6.57. The van der Waals surface area contributed by atoms with E-state index in [0.29, 0.717) is 6.07 Å². The van der Waals surface area contributed by atoms with Gasteiger partial charge in [-0.15, -0.1) is 6.42 Å². The summed E-state index contributed by atoms with van der Waals surface area (Å²) in [5, 5.41) is 2.46. The van der Waals surface area contributed by atoms with E-state index in [1.54, 1.807) is 0 Å². The summed E-state index contributed by atoms with van der Waals surface area (Å²) < 4.78 is 39.7. The Bertz CT molecular complexity index is 911. The van der Waals surface area contributed by atoms with Crippen molar-refractivity contribution < 1.29 is 18.0 Å². The molecule has 126 valence electrons. The summed E-state index contributed by atoms with van der Waals surface area (Å²) in [6.07, 6.45) is 0.432. The number of fused-ring (bicyclic) bond motifs is 1. The predicted molar refractivity (Wildman–Crippen MR) is 86.5 cm³/mol. The molecular formula is C16H12ClF3N2O2. The Kier molecular flexibility index (Phi) is 4.90. The number of ketones is 1. The fourth-order valence-electron chi connectivity index (χ4n) is 2.35. The van der Waals surface area contributed by atoms with E-state index in [0.717, 1.165) is 0 Å². The number of carbonyl (C=O) groups excluding carboxylic acids is 1. The number of anilines is 1. The number of terminal acetylenes is 1. The number of carbonyl (C=O) groups is 1. The average molecular weight is 357 g/mol. The standard InChI is InChI=1S/C16H12ClF3N2O2/c1-3-5-21-14-9-6-8(17)7-10(16(18,19)20)13(9)22-15(24)12(14)11(23)4-2/h1,6-7H,4-5H2,2H3,(H2,21,22,24). The highest BCUT2D eigenvalue weighted by Crippen LogP contribution is 2.38. The van der Waals surface area contributed by atoms with Crippen LogP contribution in [0.2, 0.25) is 5.02 Å². The zero-order valence-corrected chi connectivity index (χ0v) is 13.2. The first-order chi connectivity index (χ1) is 11.2. The van der Waals surface area contributed by atoms with Crippen molar-refractivity contribution in [1.82, 2.24) is 4.98 Å². The first-order valence-corrected chi connectivity index (χ1v) is 7.25. The van der Waals surface area contributed by atoms with Gasteiger partial charge in [0, 0.05) is 16.8 Å². The lowest BCUT2D eigenvalue weighted by atomic mass is 10.0. The van der Waals surface area contributed by atoms with Crippen molar-refractivity contribution in [3.8, 4) is 12.3 Å². The van der Waals surface area contributed by atoms with E-state index in [1.165, 1.54) is 13.0 Å². The molecule has 2 rings (SSSR count). The molecular weight excluding hydrogens is 345 g/mol. The second-order valence-electron chi connectivity index (χ2n) is 4.91. The lowest BCUT2D eigenvalue weighted by molar-refractivity contribution is -0.136. The molecule has 4 nitrogen and oxygen atoms in total. The van der Waals surface area contributed by atoms with Crippen molar-refractivity contribution in [1.29, 1.82) is 0 Å². The van der Waals surface area contributed by atoms with Gasteiger partial charge in [0.05, 0.1) is 23.3 Å². The third-order valence-electron chi connectivity index (χ3n) is 3.36. The van der Waals surface area contributed by atoms with Crippen molar-refractivity contribution >= 4 is 34.0 Å². The number of hydrogen-bond donors (Lipinski definition) is 2. The lowest BCUT2D eigenvalue weighted by Gasteiger charge is -2.16.